The first-order valence-electron chi connectivity index (χ1n) is 3.60. The SMILES string of the molecule is Nc1ncccc1C#CCCCl. The Morgan fingerprint density at radius 2 is 2.42 bits per heavy atom. The van der Waals surface area contributed by atoms with Crippen LogP contribution in [0.5, 0.6) is 0 Å². The second-order valence-electron chi connectivity index (χ2n) is 2.18. The van der Waals surface area contributed by atoms with Crippen molar-refractivity contribution in [3.8, 4) is 11.8 Å². The molecule has 0 aliphatic carbocycles. The number of nitrogens with zero attached hydrogens (tertiary/aromatic N) is 1. The van der Waals surface area contributed by atoms with E-state index in [4.69, 9.17) is 17.3 Å². The average Bonchev–Trinajstić information content (AvgIpc) is 2.09. The molecule has 0 saturated carbocycles. The van der Waals surface area contributed by atoms with Gasteiger partial charge in [-0.2, -0.15) is 0 Å². The third kappa shape index (κ3) is 2.44. The fourth-order valence-electron chi connectivity index (χ4n) is 0.728. The van der Waals surface area contributed by atoms with Gasteiger partial charge in [0.2, 0.25) is 0 Å². The van der Waals surface area contributed by atoms with Crippen LogP contribution in [0.3, 0.4) is 0 Å². The number of pyridine rings is 1. The molecule has 1 aromatic rings. The van der Waals surface area contributed by atoms with Gasteiger partial charge < -0.3 is 5.73 Å². The Balaban J connectivity index is 2.77. The summed E-state index contributed by atoms with van der Waals surface area (Å²) in [6.45, 7) is 0. The number of nitrogen functional groups attached to an aromatic ring is 1. The maximum Gasteiger partial charge on any atom is 0.139 e. The minimum atomic E-state index is 0.472. The summed E-state index contributed by atoms with van der Waals surface area (Å²) >= 11 is 5.46. The van der Waals surface area contributed by atoms with E-state index >= 15 is 0 Å². The van der Waals surface area contributed by atoms with Gasteiger partial charge in [0.05, 0.1) is 5.56 Å². The summed E-state index contributed by atoms with van der Waals surface area (Å²) in [4.78, 5) is 3.90. The van der Waals surface area contributed by atoms with E-state index < -0.39 is 0 Å². The van der Waals surface area contributed by atoms with Gasteiger partial charge >= 0.3 is 0 Å². The highest BCUT2D eigenvalue weighted by Gasteiger charge is 1.91. The van der Waals surface area contributed by atoms with Gasteiger partial charge in [-0.05, 0) is 12.1 Å². The van der Waals surface area contributed by atoms with Gasteiger partial charge in [-0.25, -0.2) is 4.98 Å². The monoisotopic (exact) mass is 180 g/mol. The lowest BCUT2D eigenvalue weighted by molar-refractivity contribution is 1.28. The zero-order chi connectivity index (χ0) is 8.81. The summed E-state index contributed by atoms with van der Waals surface area (Å²) in [5, 5.41) is 0. The van der Waals surface area contributed by atoms with E-state index in [0.29, 0.717) is 18.1 Å². The minimum absolute atomic E-state index is 0.472. The average molecular weight is 181 g/mol. The van der Waals surface area contributed by atoms with E-state index in [2.05, 4.69) is 16.8 Å². The molecule has 0 saturated heterocycles. The normalized spacial score (nSPS) is 8.75. The number of alkyl halides is 1. The van der Waals surface area contributed by atoms with Crippen molar-refractivity contribution in [2.24, 2.45) is 0 Å². The molecule has 0 aromatic carbocycles. The Labute approximate surface area is 76.8 Å². The van der Waals surface area contributed by atoms with Gasteiger partial charge in [0.15, 0.2) is 0 Å². The van der Waals surface area contributed by atoms with Crippen molar-refractivity contribution < 1.29 is 0 Å². The first-order valence-corrected chi connectivity index (χ1v) is 4.13. The lowest BCUT2D eigenvalue weighted by atomic mass is 10.2. The molecule has 0 aliphatic heterocycles. The van der Waals surface area contributed by atoms with Gasteiger partial charge in [0, 0.05) is 18.5 Å². The topological polar surface area (TPSA) is 38.9 Å². The predicted molar refractivity (Wildman–Crippen MR) is 50.9 cm³/mol. The number of aromatic nitrogens is 1. The van der Waals surface area contributed by atoms with Crippen molar-refractivity contribution in [1.82, 2.24) is 4.98 Å². The standard InChI is InChI=1S/C9H9ClN2/c10-6-2-1-4-8-5-3-7-12-9(8)11/h3,5,7H,2,6H2,(H2,11,12). The molecule has 0 bridgehead atoms. The van der Waals surface area contributed by atoms with Gasteiger partial charge in [0.25, 0.3) is 0 Å². The van der Waals surface area contributed by atoms with Crippen LogP contribution in [0.15, 0.2) is 18.3 Å². The smallest absolute Gasteiger partial charge is 0.139 e. The zero-order valence-corrected chi connectivity index (χ0v) is 7.30. The first kappa shape index (κ1) is 8.89. The third-order valence-electron chi connectivity index (χ3n) is 1.28. The number of hydrogen-bond donors (Lipinski definition) is 1. The molecule has 62 valence electrons. The number of nitrogens with two attached hydrogens (primary N) is 1. The van der Waals surface area contributed by atoms with Crippen LogP contribution in [0.4, 0.5) is 5.82 Å². The molecular formula is C9H9ClN2. The van der Waals surface area contributed by atoms with Crippen LogP contribution in [0, 0.1) is 11.8 Å². The minimum Gasteiger partial charge on any atom is -0.383 e. The van der Waals surface area contributed by atoms with Gasteiger partial charge in [-0.3, -0.25) is 0 Å². The Bertz CT molecular complexity index is 312. The maximum absolute atomic E-state index is 5.56. The fraction of sp³-hybridized carbons (Fsp3) is 0.222. The van der Waals surface area contributed by atoms with Crippen molar-refractivity contribution in [3.05, 3.63) is 23.9 Å². The Kier molecular flexibility index (Phi) is 3.43. The number of hydrogen-bond acceptors (Lipinski definition) is 2. The van der Waals surface area contributed by atoms with Crippen LogP contribution < -0.4 is 5.73 Å². The Morgan fingerprint density at radius 1 is 1.58 bits per heavy atom. The molecule has 1 aromatic heterocycles. The first-order chi connectivity index (χ1) is 5.84. The second-order valence-corrected chi connectivity index (χ2v) is 2.55. The summed E-state index contributed by atoms with van der Waals surface area (Å²) in [6.07, 6.45) is 2.32. The van der Waals surface area contributed by atoms with Gasteiger partial charge in [-0.1, -0.05) is 11.8 Å². The molecule has 0 amide bonds. The summed E-state index contributed by atoms with van der Waals surface area (Å²) in [7, 11) is 0. The lowest BCUT2D eigenvalue weighted by Gasteiger charge is -1.93. The molecule has 2 N–H and O–H groups in total. The Morgan fingerprint density at radius 3 is 3.08 bits per heavy atom. The molecule has 1 heterocycles. The highest BCUT2D eigenvalue weighted by Crippen LogP contribution is 2.03. The van der Waals surface area contributed by atoms with Crippen LogP contribution in [0.1, 0.15) is 12.0 Å². The van der Waals surface area contributed by atoms with Crippen molar-refractivity contribution >= 4 is 17.4 Å². The van der Waals surface area contributed by atoms with Crippen LogP contribution >= 0.6 is 11.6 Å². The summed E-state index contributed by atoms with van der Waals surface area (Å²) in [6, 6.07) is 3.64. The molecule has 0 fully saturated rings. The molecule has 2 nitrogen and oxygen atoms in total. The fourth-order valence-corrected chi connectivity index (χ4v) is 0.823. The van der Waals surface area contributed by atoms with E-state index in [-0.39, 0.29) is 0 Å². The quantitative estimate of drug-likeness (QED) is 0.527. The van der Waals surface area contributed by atoms with Gasteiger partial charge in [-0.15, -0.1) is 11.6 Å². The largest absolute Gasteiger partial charge is 0.383 e. The number of rotatable bonds is 1. The highest BCUT2D eigenvalue weighted by atomic mass is 35.5. The van der Waals surface area contributed by atoms with E-state index in [0.717, 1.165) is 5.56 Å². The van der Waals surface area contributed by atoms with E-state index in [1.54, 1.807) is 12.3 Å². The van der Waals surface area contributed by atoms with Crippen LogP contribution in [0.2, 0.25) is 0 Å². The van der Waals surface area contributed by atoms with Crippen molar-refractivity contribution in [1.29, 1.82) is 0 Å². The maximum atomic E-state index is 5.56. The van der Waals surface area contributed by atoms with E-state index in [1.807, 2.05) is 6.07 Å². The molecule has 3 heteroatoms. The highest BCUT2D eigenvalue weighted by molar-refractivity contribution is 6.18. The molecule has 0 aliphatic rings. The molecule has 0 unspecified atom stereocenters. The summed E-state index contributed by atoms with van der Waals surface area (Å²) < 4.78 is 0. The van der Waals surface area contributed by atoms with Crippen LogP contribution in [-0.4, -0.2) is 10.9 Å². The molecule has 0 spiro atoms. The molecule has 12 heavy (non-hydrogen) atoms. The summed E-state index contributed by atoms with van der Waals surface area (Å²) in [5.41, 5.74) is 6.32. The second kappa shape index (κ2) is 4.63. The number of halogens is 1. The number of anilines is 1. The van der Waals surface area contributed by atoms with E-state index in [1.165, 1.54) is 0 Å². The van der Waals surface area contributed by atoms with Crippen molar-refractivity contribution in [2.75, 3.05) is 11.6 Å². The van der Waals surface area contributed by atoms with Crippen molar-refractivity contribution in [3.63, 3.8) is 0 Å². The third-order valence-corrected chi connectivity index (χ3v) is 1.47. The predicted octanol–water partition coefficient (Wildman–Crippen LogP) is 1.64. The van der Waals surface area contributed by atoms with E-state index in [9.17, 15) is 0 Å². The summed E-state index contributed by atoms with van der Waals surface area (Å²) in [5.74, 6) is 6.80. The van der Waals surface area contributed by atoms with Crippen LogP contribution in [0.25, 0.3) is 0 Å². The Hall–Kier alpha value is -1.20. The van der Waals surface area contributed by atoms with Gasteiger partial charge in [0.1, 0.15) is 5.82 Å². The molecule has 1 rings (SSSR count). The van der Waals surface area contributed by atoms with Crippen molar-refractivity contribution in [2.45, 2.75) is 6.42 Å². The molecular weight excluding hydrogens is 172 g/mol. The molecule has 0 atom stereocenters. The lowest BCUT2D eigenvalue weighted by Crippen LogP contribution is -1.92. The van der Waals surface area contributed by atoms with Crippen LogP contribution in [-0.2, 0) is 0 Å². The molecule has 0 radical (unpaired) electrons. The zero-order valence-electron chi connectivity index (χ0n) is 6.55.